The summed E-state index contributed by atoms with van der Waals surface area (Å²) >= 11 is 3.90. The number of nitrogens with zero attached hydrogens (tertiary/aromatic N) is 1. The maximum Gasteiger partial charge on any atom is 0.320 e. The second-order valence-corrected chi connectivity index (χ2v) is 4.14. The van der Waals surface area contributed by atoms with Crippen LogP contribution in [-0.4, -0.2) is 51.3 Å². The molecule has 0 rings (SSSR count). The molecule has 0 saturated carbocycles. The van der Waals surface area contributed by atoms with Gasteiger partial charge in [0.2, 0.25) is 0 Å². The molecule has 0 aromatic carbocycles. The number of aliphatic hydroxyl groups excluding tert-OH is 1. The average molecular weight is 280 g/mol. The quantitative estimate of drug-likeness (QED) is 0.0850. The number of carboxylic acid groups (broad SMARTS) is 1. The van der Waals surface area contributed by atoms with Crippen molar-refractivity contribution in [3.63, 3.8) is 0 Å². The SMILES string of the molecule is NC(CCC[C@H](N)C(=O)O)=NN[C@@H](CS)C(O)O. The molecule has 0 aromatic heterocycles. The van der Waals surface area contributed by atoms with Gasteiger partial charge in [0.25, 0.3) is 0 Å². The number of aliphatic hydroxyl groups is 2. The molecule has 0 aliphatic carbocycles. The summed E-state index contributed by atoms with van der Waals surface area (Å²) in [7, 11) is 0. The van der Waals surface area contributed by atoms with E-state index in [-0.39, 0.29) is 11.6 Å². The molecule has 0 saturated heterocycles. The highest BCUT2D eigenvalue weighted by atomic mass is 32.1. The van der Waals surface area contributed by atoms with Gasteiger partial charge in [-0.3, -0.25) is 10.2 Å². The lowest BCUT2D eigenvalue weighted by Gasteiger charge is -2.16. The Bertz CT molecular complexity index is 288. The number of nitrogens with two attached hydrogens (primary N) is 2. The predicted molar refractivity (Wildman–Crippen MR) is 70.1 cm³/mol. The molecule has 0 spiro atoms. The third kappa shape index (κ3) is 7.33. The molecule has 0 bridgehead atoms. The molecule has 8 N–H and O–H groups in total. The first kappa shape index (κ1) is 17.0. The van der Waals surface area contributed by atoms with Crippen LogP contribution in [0, 0.1) is 0 Å². The predicted octanol–water partition coefficient (Wildman–Crippen LogP) is -1.96. The van der Waals surface area contributed by atoms with Crippen LogP contribution in [0.15, 0.2) is 5.10 Å². The minimum absolute atomic E-state index is 0.179. The van der Waals surface area contributed by atoms with Crippen LogP contribution >= 0.6 is 12.6 Å². The van der Waals surface area contributed by atoms with E-state index < -0.39 is 24.3 Å². The summed E-state index contributed by atoms with van der Waals surface area (Å²) in [5, 5.41) is 30.1. The maximum atomic E-state index is 10.4. The second-order valence-electron chi connectivity index (χ2n) is 3.77. The number of amidine groups is 1. The molecule has 2 atom stereocenters. The molecule has 0 amide bonds. The molecule has 0 radical (unpaired) electrons. The number of carboxylic acids is 1. The minimum atomic E-state index is -1.58. The van der Waals surface area contributed by atoms with Crippen LogP contribution in [0.1, 0.15) is 19.3 Å². The van der Waals surface area contributed by atoms with Crippen molar-refractivity contribution in [3.05, 3.63) is 0 Å². The maximum absolute atomic E-state index is 10.4. The Morgan fingerprint density at radius 2 is 2.06 bits per heavy atom. The number of hydrazone groups is 1. The van der Waals surface area contributed by atoms with E-state index in [0.29, 0.717) is 19.3 Å². The lowest BCUT2D eigenvalue weighted by molar-refractivity contribution is -0.138. The molecule has 0 unspecified atom stereocenters. The lowest BCUT2D eigenvalue weighted by Crippen LogP contribution is -2.39. The Labute approximate surface area is 110 Å². The van der Waals surface area contributed by atoms with Gasteiger partial charge in [0.05, 0.1) is 0 Å². The van der Waals surface area contributed by atoms with Crippen LogP contribution < -0.4 is 16.9 Å². The van der Waals surface area contributed by atoms with Gasteiger partial charge in [-0.15, -0.1) is 0 Å². The summed E-state index contributed by atoms with van der Waals surface area (Å²) in [5.41, 5.74) is 13.3. The fourth-order valence-corrected chi connectivity index (χ4v) is 1.32. The fraction of sp³-hybridized carbons (Fsp3) is 0.778. The van der Waals surface area contributed by atoms with Crippen LogP contribution in [-0.2, 0) is 4.79 Å². The topological polar surface area (TPSA) is 154 Å². The van der Waals surface area contributed by atoms with Gasteiger partial charge in [0, 0.05) is 12.2 Å². The smallest absolute Gasteiger partial charge is 0.320 e. The number of nitrogens with one attached hydrogen (secondary N) is 1. The Hall–Kier alpha value is -1.03. The van der Waals surface area contributed by atoms with E-state index in [2.05, 4.69) is 23.2 Å². The van der Waals surface area contributed by atoms with E-state index in [9.17, 15) is 4.79 Å². The largest absolute Gasteiger partial charge is 0.480 e. The minimum Gasteiger partial charge on any atom is -0.480 e. The molecule has 106 valence electrons. The number of rotatable bonds is 9. The van der Waals surface area contributed by atoms with Crippen LogP contribution in [0.5, 0.6) is 0 Å². The summed E-state index contributed by atoms with van der Waals surface area (Å²) in [6.45, 7) is 0. The Balaban J connectivity index is 3.94. The third-order valence-electron chi connectivity index (χ3n) is 2.20. The number of carbonyl (C=O) groups is 1. The van der Waals surface area contributed by atoms with Crippen LogP contribution in [0.4, 0.5) is 0 Å². The average Bonchev–Trinajstić information content (AvgIpc) is 2.29. The second kappa shape index (κ2) is 8.97. The van der Waals surface area contributed by atoms with Crippen molar-refractivity contribution in [1.82, 2.24) is 5.43 Å². The number of hydrogen-bond donors (Lipinski definition) is 7. The first-order valence-corrected chi connectivity index (χ1v) is 6.04. The van der Waals surface area contributed by atoms with E-state index in [1.165, 1.54) is 0 Å². The zero-order valence-corrected chi connectivity index (χ0v) is 10.8. The molecule has 0 aliphatic rings. The highest BCUT2D eigenvalue weighted by Gasteiger charge is 2.14. The summed E-state index contributed by atoms with van der Waals surface area (Å²) in [6, 6.07) is -1.62. The normalized spacial score (nSPS) is 15.5. The van der Waals surface area contributed by atoms with Gasteiger partial charge in [-0.25, -0.2) is 0 Å². The molecule has 0 heterocycles. The summed E-state index contributed by atoms with van der Waals surface area (Å²) in [6.07, 6.45) is -0.434. The van der Waals surface area contributed by atoms with Crippen molar-refractivity contribution in [2.75, 3.05) is 5.75 Å². The lowest BCUT2D eigenvalue weighted by atomic mass is 10.1. The van der Waals surface area contributed by atoms with Gasteiger partial charge in [-0.2, -0.15) is 17.7 Å². The highest BCUT2D eigenvalue weighted by Crippen LogP contribution is 1.99. The molecule has 8 nitrogen and oxygen atoms in total. The van der Waals surface area contributed by atoms with Gasteiger partial charge >= 0.3 is 5.97 Å². The first-order valence-electron chi connectivity index (χ1n) is 5.41. The van der Waals surface area contributed by atoms with E-state index in [0.717, 1.165) is 0 Å². The molecule has 0 fully saturated rings. The standard InChI is InChI=1S/C9H20N4O4S/c10-5(8(14)15)2-1-3-7(11)13-12-6(4-18)9(16)17/h5-6,9,12,16-18H,1-4,10H2,(H2,11,13)(H,14,15)/t5-,6-/m0/s1. The van der Waals surface area contributed by atoms with E-state index in [4.69, 9.17) is 26.8 Å². The molecule has 9 heteroatoms. The fourth-order valence-electron chi connectivity index (χ4n) is 1.05. The zero-order valence-electron chi connectivity index (χ0n) is 9.86. The molecule has 18 heavy (non-hydrogen) atoms. The summed E-state index contributed by atoms with van der Waals surface area (Å²) in [4.78, 5) is 10.4. The van der Waals surface area contributed by atoms with Crippen LogP contribution in [0.25, 0.3) is 0 Å². The summed E-state index contributed by atoms with van der Waals surface area (Å²) < 4.78 is 0. The molecule has 0 aliphatic heterocycles. The highest BCUT2D eigenvalue weighted by molar-refractivity contribution is 7.80. The van der Waals surface area contributed by atoms with Gasteiger partial charge < -0.3 is 26.8 Å². The number of hydrogen-bond acceptors (Lipinski definition) is 7. The van der Waals surface area contributed by atoms with Crippen molar-refractivity contribution in [2.24, 2.45) is 16.6 Å². The Morgan fingerprint density at radius 1 is 1.44 bits per heavy atom. The first-order chi connectivity index (χ1) is 8.38. The van der Waals surface area contributed by atoms with Crippen LogP contribution in [0.3, 0.4) is 0 Å². The van der Waals surface area contributed by atoms with E-state index in [1.54, 1.807) is 0 Å². The van der Waals surface area contributed by atoms with Crippen LogP contribution in [0.2, 0.25) is 0 Å². The van der Waals surface area contributed by atoms with Gasteiger partial charge in [0.1, 0.15) is 17.9 Å². The van der Waals surface area contributed by atoms with Crippen molar-refractivity contribution < 1.29 is 20.1 Å². The van der Waals surface area contributed by atoms with Crippen molar-refractivity contribution in [3.8, 4) is 0 Å². The van der Waals surface area contributed by atoms with E-state index in [1.807, 2.05) is 0 Å². The van der Waals surface area contributed by atoms with E-state index >= 15 is 0 Å². The Morgan fingerprint density at radius 3 is 2.50 bits per heavy atom. The van der Waals surface area contributed by atoms with Crippen molar-refractivity contribution in [2.45, 2.75) is 37.6 Å². The van der Waals surface area contributed by atoms with Gasteiger partial charge in [-0.1, -0.05) is 0 Å². The summed E-state index contributed by atoms with van der Waals surface area (Å²) in [5.74, 6) is -0.639. The van der Waals surface area contributed by atoms with Gasteiger partial charge in [-0.05, 0) is 12.8 Å². The molecular weight excluding hydrogens is 260 g/mol. The van der Waals surface area contributed by atoms with Gasteiger partial charge in [0.15, 0.2) is 6.29 Å². The number of aliphatic carboxylic acids is 1. The number of thiol groups is 1. The molecular formula is C9H20N4O4S. The van der Waals surface area contributed by atoms with Crippen molar-refractivity contribution in [1.29, 1.82) is 0 Å². The van der Waals surface area contributed by atoms with Crippen molar-refractivity contribution >= 4 is 24.4 Å². The zero-order chi connectivity index (χ0) is 14.1. The third-order valence-corrected chi connectivity index (χ3v) is 2.59. The molecule has 0 aromatic rings. The monoisotopic (exact) mass is 280 g/mol. The Kier molecular flexibility index (Phi) is 8.46.